The van der Waals surface area contributed by atoms with Crippen molar-refractivity contribution in [3.63, 3.8) is 0 Å². The van der Waals surface area contributed by atoms with Gasteiger partial charge >= 0.3 is 5.97 Å². The molecule has 1 N–H and O–H groups in total. The van der Waals surface area contributed by atoms with Crippen molar-refractivity contribution in [1.82, 2.24) is 0 Å². The van der Waals surface area contributed by atoms with Gasteiger partial charge in [-0.3, -0.25) is 10.1 Å². The van der Waals surface area contributed by atoms with Crippen molar-refractivity contribution in [3.05, 3.63) is 68.3 Å². The molecule has 33 heavy (non-hydrogen) atoms. The predicted molar refractivity (Wildman–Crippen MR) is 124 cm³/mol. The van der Waals surface area contributed by atoms with Crippen LogP contribution < -0.4 is 14.2 Å². The molecule has 0 atom stereocenters. The lowest BCUT2D eigenvalue weighted by Gasteiger charge is -2.14. The van der Waals surface area contributed by atoms with Crippen molar-refractivity contribution in [2.45, 2.75) is 0 Å². The van der Waals surface area contributed by atoms with Crippen LogP contribution in [0.15, 0.2) is 57.6 Å². The van der Waals surface area contributed by atoms with Gasteiger partial charge in [-0.05, 0) is 30.3 Å². The zero-order valence-corrected chi connectivity index (χ0v) is 19.0. The molecule has 10 nitrogen and oxygen atoms in total. The highest BCUT2D eigenvalue weighted by Gasteiger charge is 2.33. The third kappa shape index (κ3) is 4.77. The van der Waals surface area contributed by atoms with Gasteiger partial charge in [0.25, 0.3) is 5.69 Å². The van der Waals surface area contributed by atoms with E-state index < -0.39 is 10.9 Å². The quantitative estimate of drug-likeness (QED) is 0.353. The SMILES string of the molecule is COC(=O)C1=C(O)C(=Cc2ccc(OC)c(OC)c2OC)SC1=Nc1ccc([N+](=O)[O-])cc1. The molecule has 0 bridgehead atoms. The number of hydrogen-bond acceptors (Lipinski definition) is 10. The van der Waals surface area contributed by atoms with Crippen molar-refractivity contribution >= 4 is 40.2 Å². The van der Waals surface area contributed by atoms with Gasteiger partial charge in [0, 0.05) is 17.7 Å². The van der Waals surface area contributed by atoms with Crippen LogP contribution in [0.1, 0.15) is 5.56 Å². The average Bonchev–Trinajstić information content (AvgIpc) is 3.12. The summed E-state index contributed by atoms with van der Waals surface area (Å²) in [6.07, 6.45) is 1.61. The molecule has 0 saturated carbocycles. The number of carbonyl (C=O) groups is 1. The first-order valence-electron chi connectivity index (χ1n) is 9.38. The number of esters is 1. The average molecular weight is 472 g/mol. The van der Waals surface area contributed by atoms with Crippen LogP contribution in [0, 0.1) is 10.1 Å². The smallest absolute Gasteiger partial charge is 0.344 e. The van der Waals surface area contributed by atoms with E-state index in [2.05, 4.69) is 4.99 Å². The molecule has 172 valence electrons. The van der Waals surface area contributed by atoms with Gasteiger partial charge in [0.05, 0.1) is 44.0 Å². The number of aliphatic hydroxyl groups is 1. The van der Waals surface area contributed by atoms with Gasteiger partial charge in [0.2, 0.25) is 5.75 Å². The molecule has 0 spiro atoms. The second-order valence-electron chi connectivity index (χ2n) is 6.44. The Bertz CT molecular complexity index is 1190. The van der Waals surface area contributed by atoms with Crippen molar-refractivity contribution in [2.75, 3.05) is 28.4 Å². The molecule has 0 aromatic heterocycles. The Morgan fingerprint density at radius 1 is 1.03 bits per heavy atom. The normalized spacial score (nSPS) is 15.6. The molecule has 1 heterocycles. The fourth-order valence-electron chi connectivity index (χ4n) is 3.04. The molecular weight excluding hydrogens is 452 g/mol. The summed E-state index contributed by atoms with van der Waals surface area (Å²) in [5.41, 5.74) is 0.713. The van der Waals surface area contributed by atoms with Gasteiger partial charge in [-0.1, -0.05) is 11.8 Å². The number of non-ortho nitro benzene ring substituents is 1. The van der Waals surface area contributed by atoms with E-state index in [0.29, 0.717) is 33.4 Å². The zero-order valence-electron chi connectivity index (χ0n) is 18.1. The van der Waals surface area contributed by atoms with Gasteiger partial charge in [-0.2, -0.15) is 0 Å². The Morgan fingerprint density at radius 2 is 1.70 bits per heavy atom. The molecule has 0 aliphatic carbocycles. The first kappa shape index (κ1) is 23.7. The molecule has 1 aliphatic rings. The summed E-state index contributed by atoms with van der Waals surface area (Å²) in [5.74, 6) is 0.116. The molecular formula is C22H20N2O8S. The number of methoxy groups -OCH3 is 4. The van der Waals surface area contributed by atoms with Crippen LogP contribution in [-0.4, -0.2) is 49.5 Å². The van der Waals surface area contributed by atoms with Crippen molar-refractivity contribution in [3.8, 4) is 17.2 Å². The Hall–Kier alpha value is -3.99. The number of benzene rings is 2. The standard InChI is InChI=1S/C22H20N2O8S/c1-29-15-10-5-12(19(30-2)20(15)31-3)11-16-18(25)17(22(26)32-4)21(33-16)23-13-6-8-14(9-7-13)24(27)28/h5-11,25H,1-4H3. The van der Waals surface area contributed by atoms with E-state index >= 15 is 0 Å². The van der Waals surface area contributed by atoms with Crippen LogP contribution in [-0.2, 0) is 9.53 Å². The van der Waals surface area contributed by atoms with E-state index in [4.69, 9.17) is 18.9 Å². The van der Waals surface area contributed by atoms with Gasteiger partial charge < -0.3 is 24.1 Å². The second-order valence-corrected chi connectivity index (χ2v) is 7.47. The summed E-state index contributed by atoms with van der Waals surface area (Å²) < 4.78 is 20.9. The highest BCUT2D eigenvalue weighted by molar-refractivity contribution is 8.18. The lowest BCUT2D eigenvalue weighted by Crippen LogP contribution is -2.10. The lowest BCUT2D eigenvalue weighted by molar-refractivity contribution is -0.384. The Kier molecular flexibility index (Phi) is 7.23. The maximum absolute atomic E-state index is 12.4. The minimum atomic E-state index is -0.775. The number of aliphatic hydroxyl groups excluding tert-OH is 1. The third-order valence-corrected chi connectivity index (χ3v) is 5.61. The van der Waals surface area contributed by atoms with Gasteiger partial charge in [-0.25, -0.2) is 9.79 Å². The van der Waals surface area contributed by atoms with E-state index in [-0.39, 0.29) is 22.1 Å². The van der Waals surface area contributed by atoms with E-state index in [1.54, 1.807) is 18.2 Å². The fourth-order valence-corrected chi connectivity index (χ4v) is 4.06. The van der Waals surface area contributed by atoms with Gasteiger partial charge in [0.1, 0.15) is 16.4 Å². The van der Waals surface area contributed by atoms with Gasteiger partial charge in [-0.15, -0.1) is 0 Å². The lowest BCUT2D eigenvalue weighted by atomic mass is 10.1. The summed E-state index contributed by atoms with van der Waals surface area (Å²) in [5, 5.41) is 21.8. The number of ether oxygens (including phenoxy) is 4. The molecule has 0 unspecified atom stereocenters. The molecule has 2 aromatic carbocycles. The van der Waals surface area contributed by atoms with Crippen LogP contribution in [0.2, 0.25) is 0 Å². The van der Waals surface area contributed by atoms with E-state index in [1.165, 1.54) is 52.7 Å². The Morgan fingerprint density at radius 3 is 2.24 bits per heavy atom. The minimum Gasteiger partial charge on any atom is -0.506 e. The van der Waals surface area contributed by atoms with Crippen LogP contribution in [0.4, 0.5) is 11.4 Å². The fraction of sp³-hybridized carbons (Fsp3) is 0.182. The Balaban J connectivity index is 2.08. The first-order chi connectivity index (χ1) is 15.8. The molecule has 2 aromatic rings. The topological polar surface area (TPSA) is 130 Å². The summed E-state index contributed by atoms with van der Waals surface area (Å²) in [7, 11) is 5.64. The van der Waals surface area contributed by atoms with Crippen LogP contribution in [0.25, 0.3) is 6.08 Å². The molecule has 0 fully saturated rings. The van der Waals surface area contributed by atoms with Crippen molar-refractivity contribution < 1.29 is 33.8 Å². The van der Waals surface area contributed by atoms with Crippen LogP contribution in [0.5, 0.6) is 17.2 Å². The number of hydrogen-bond donors (Lipinski definition) is 1. The molecule has 1 aliphatic heterocycles. The molecule has 0 radical (unpaired) electrons. The monoisotopic (exact) mass is 472 g/mol. The van der Waals surface area contributed by atoms with E-state index in [9.17, 15) is 20.0 Å². The van der Waals surface area contributed by atoms with Crippen molar-refractivity contribution in [2.24, 2.45) is 4.99 Å². The molecule has 11 heteroatoms. The van der Waals surface area contributed by atoms with Crippen LogP contribution in [0.3, 0.4) is 0 Å². The first-order valence-corrected chi connectivity index (χ1v) is 10.2. The second kappa shape index (κ2) is 10.1. The molecule has 0 saturated heterocycles. The van der Waals surface area contributed by atoms with Crippen LogP contribution >= 0.6 is 11.8 Å². The number of rotatable bonds is 7. The highest BCUT2D eigenvalue weighted by Crippen LogP contribution is 2.44. The number of nitrogens with zero attached hydrogens (tertiary/aromatic N) is 2. The summed E-state index contributed by atoms with van der Waals surface area (Å²) in [6.45, 7) is 0. The Labute approximate surface area is 193 Å². The maximum Gasteiger partial charge on any atom is 0.344 e. The van der Waals surface area contributed by atoms with E-state index in [1.807, 2.05) is 0 Å². The number of thioether (sulfide) groups is 1. The molecule has 0 amide bonds. The van der Waals surface area contributed by atoms with Crippen molar-refractivity contribution in [1.29, 1.82) is 0 Å². The summed E-state index contributed by atoms with van der Waals surface area (Å²) >= 11 is 1.04. The number of nitro benzene ring substituents is 1. The molecule has 3 rings (SSSR count). The predicted octanol–water partition coefficient (Wildman–Crippen LogP) is 4.42. The summed E-state index contributed by atoms with van der Waals surface area (Å²) in [6, 6.07) is 8.87. The zero-order chi connectivity index (χ0) is 24.1. The minimum absolute atomic E-state index is 0.0919. The maximum atomic E-state index is 12.4. The van der Waals surface area contributed by atoms with Gasteiger partial charge in [0.15, 0.2) is 11.5 Å². The highest BCUT2D eigenvalue weighted by atomic mass is 32.2. The third-order valence-electron chi connectivity index (χ3n) is 4.59. The summed E-state index contributed by atoms with van der Waals surface area (Å²) in [4.78, 5) is 27.4. The number of carbonyl (C=O) groups excluding carboxylic acids is 1. The largest absolute Gasteiger partial charge is 0.506 e. The number of aliphatic imine (C=N–C) groups is 1. The van der Waals surface area contributed by atoms with E-state index in [0.717, 1.165) is 11.8 Å². The number of nitro groups is 1.